The number of alkyl halides is 2. The number of sulfonamides is 1. The summed E-state index contributed by atoms with van der Waals surface area (Å²) in [7, 11) is -2.72. The minimum atomic E-state index is -4.29. The number of nitrogens with one attached hydrogen (secondary N) is 3. The molecule has 6 aliphatic rings. The highest BCUT2D eigenvalue weighted by Crippen LogP contribution is 2.50. The van der Waals surface area contributed by atoms with Gasteiger partial charge in [-0.25, -0.2) is 32.0 Å². The molecule has 2 bridgehead atoms. The smallest absolute Gasteiger partial charge is 0.408 e. The van der Waals surface area contributed by atoms with E-state index in [0.29, 0.717) is 36.4 Å². The van der Waals surface area contributed by atoms with Gasteiger partial charge in [-0.3, -0.25) is 19.1 Å². The average molecular weight is 860 g/mol. The van der Waals surface area contributed by atoms with Crippen LogP contribution < -0.4 is 20.1 Å². The highest BCUT2D eigenvalue weighted by atomic mass is 32.2. The molecule has 1 saturated heterocycles. The van der Waals surface area contributed by atoms with Crippen LogP contribution >= 0.6 is 0 Å². The zero-order chi connectivity index (χ0) is 43.5. The molecule has 4 amide bonds. The van der Waals surface area contributed by atoms with E-state index >= 15 is 0 Å². The summed E-state index contributed by atoms with van der Waals surface area (Å²) in [6, 6.07) is -0.812. The van der Waals surface area contributed by atoms with Crippen molar-refractivity contribution in [3.8, 4) is 11.9 Å². The van der Waals surface area contributed by atoms with Gasteiger partial charge in [-0.05, 0) is 63.2 Å². The van der Waals surface area contributed by atoms with Gasteiger partial charge in [0.05, 0.1) is 41.8 Å². The predicted molar refractivity (Wildman–Crippen MR) is 210 cm³/mol. The number of ether oxygens (including phenoxy) is 3. The molecule has 3 N–H and O–H groups in total. The first kappa shape index (κ1) is 43.5. The summed E-state index contributed by atoms with van der Waals surface area (Å²) in [5, 5.41) is 15.3. The summed E-state index contributed by atoms with van der Waals surface area (Å²) in [5.74, 6) is -4.91. The van der Waals surface area contributed by atoms with E-state index in [4.69, 9.17) is 24.2 Å². The van der Waals surface area contributed by atoms with Crippen molar-refractivity contribution in [2.45, 2.75) is 146 Å². The first-order valence-corrected chi connectivity index (χ1v) is 22.3. The highest BCUT2D eigenvalue weighted by molar-refractivity contribution is 7.91. The number of fused-ring (bicyclic) bond motifs is 5. The number of rotatable bonds is 8. The van der Waals surface area contributed by atoms with Crippen LogP contribution in [0.3, 0.4) is 0 Å². The number of amides is 4. The Hall–Kier alpha value is -4.60. The van der Waals surface area contributed by atoms with Gasteiger partial charge in [0.15, 0.2) is 0 Å². The number of halogens is 2. The van der Waals surface area contributed by atoms with E-state index in [1.807, 2.05) is 11.6 Å². The normalized spacial score (nSPS) is 32.5. The summed E-state index contributed by atoms with van der Waals surface area (Å²) < 4.78 is 73.6. The molecule has 3 heterocycles. The summed E-state index contributed by atoms with van der Waals surface area (Å²) in [4.78, 5) is 67.7. The van der Waals surface area contributed by atoms with Gasteiger partial charge in [0.25, 0.3) is 5.91 Å². The fraction of sp³-hybridized carbons (Fsp3) is 0.732. The number of aryl methyl sites for hydroxylation is 1. The quantitative estimate of drug-likeness (QED) is 0.339. The maximum atomic E-state index is 14.9. The zero-order valence-corrected chi connectivity index (χ0v) is 35.7. The second kappa shape index (κ2) is 16.0. The van der Waals surface area contributed by atoms with Crippen LogP contribution in [0.5, 0.6) is 5.88 Å². The third-order valence-electron chi connectivity index (χ3n) is 13.2. The Balaban J connectivity index is 1.28. The minimum Gasteiger partial charge on any atom is -0.501 e. The van der Waals surface area contributed by atoms with E-state index in [1.54, 1.807) is 34.0 Å². The number of alkyl carbamates (subject to hydrolysis) is 1. The molecule has 328 valence electrons. The van der Waals surface area contributed by atoms with Crippen LogP contribution in [0.15, 0.2) is 5.76 Å². The molecular formula is C41H55F2N7O9S. The second-order valence-corrected chi connectivity index (χ2v) is 21.0. The molecule has 4 fully saturated rings. The monoisotopic (exact) mass is 859 g/mol. The SMILES string of the molecule is COC1=Cc2nc3c(nc2CC1C)CCCCC[C@@H]1CC1OC(=O)N[C@@H](C(C)(C)C)C(=O)N1C[C@H](O3)[C@@H](CC#N)[C@H]1C(=O)N[C@]1(C(=O)NS(=O)(=O)C2(C)CC2)C[C@H]1C(F)F. The largest absolute Gasteiger partial charge is 0.501 e. The Labute approximate surface area is 349 Å². The van der Waals surface area contributed by atoms with Crippen LogP contribution in [0.25, 0.3) is 6.08 Å². The Bertz CT molecular complexity index is 2100. The molecule has 60 heavy (non-hydrogen) atoms. The number of methoxy groups -OCH3 is 1. The number of hydrogen-bond donors (Lipinski definition) is 3. The van der Waals surface area contributed by atoms with E-state index in [-0.39, 0.29) is 49.6 Å². The second-order valence-electron chi connectivity index (χ2n) is 18.8. The van der Waals surface area contributed by atoms with Crippen molar-refractivity contribution in [1.82, 2.24) is 30.2 Å². The molecule has 0 spiro atoms. The van der Waals surface area contributed by atoms with Gasteiger partial charge in [0, 0.05) is 30.8 Å². The van der Waals surface area contributed by atoms with Gasteiger partial charge < -0.3 is 29.7 Å². The first-order valence-electron chi connectivity index (χ1n) is 20.9. The Kier molecular flexibility index (Phi) is 11.6. The van der Waals surface area contributed by atoms with Gasteiger partial charge in [-0.2, -0.15) is 5.26 Å². The number of hydrogen-bond acceptors (Lipinski definition) is 12. The standard InChI is InChI=1S/C41H55F2N7O9S/c1-21-16-26-27(18-28(21)57-6)46-35-25(45-26)11-9-7-8-10-22-17-29(22)59-38(54)47-32(39(2,3)4)36(52)50-20-30(58-35)23(12-15-44)31(50)34(51)48-41(19-24(41)33(42)43)37(53)49-60(55,56)40(5)13-14-40/h18,21-24,29-33H,7-14,16-17,19-20H2,1-6H3,(H,47,54)(H,48,51)(H,49,53)/t21?,22-,23-,24+,29?,30+,31+,32-,41-/m1/s1. The summed E-state index contributed by atoms with van der Waals surface area (Å²) in [6.45, 7) is 8.27. The van der Waals surface area contributed by atoms with Crippen molar-refractivity contribution in [3.05, 3.63) is 22.8 Å². The maximum Gasteiger partial charge on any atom is 0.408 e. The van der Waals surface area contributed by atoms with E-state index in [2.05, 4.69) is 16.7 Å². The topological polar surface area (TPSA) is 219 Å². The summed E-state index contributed by atoms with van der Waals surface area (Å²) in [6.07, 6.45) is 1.11. The minimum absolute atomic E-state index is 0.0482. The van der Waals surface area contributed by atoms with Crippen molar-refractivity contribution in [1.29, 1.82) is 5.26 Å². The van der Waals surface area contributed by atoms with Gasteiger partial charge in [0.2, 0.25) is 34.1 Å². The Morgan fingerprint density at radius 2 is 1.87 bits per heavy atom. The van der Waals surface area contributed by atoms with Gasteiger partial charge in [-0.15, -0.1) is 0 Å². The predicted octanol–water partition coefficient (Wildman–Crippen LogP) is 3.93. The van der Waals surface area contributed by atoms with Crippen LogP contribution in [-0.4, -0.2) is 102 Å². The van der Waals surface area contributed by atoms with Crippen molar-refractivity contribution in [3.63, 3.8) is 0 Å². The third kappa shape index (κ3) is 8.49. The molecule has 16 nitrogen and oxygen atoms in total. The average Bonchev–Trinajstić information content (AvgIpc) is 4.12. The maximum absolute atomic E-state index is 14.9. The number of nitrogens with zero attached hydrogens (tertiary/aromatic N) is 4. The van der Waals surface area contributed by atoms with Gasteiger partial charge in [0.1, 0.15) is 41.3 Å². The van der Waals surface area contributed by atoms with E-state index in [9.17, 15) is 41.6 Å². The number of nitriles is 1. The number of allylic oxidation sites excluding steroid dienone is 1. The zero-order valence-electron chi connectivity index (χ0n) is 34.9. The molecule has 19 heteroatoms. The van der Waals surface area contributed by atoms with Crippen molar-refractivity contribution in [2.24, 2.45) is 29.1 Å². The van der Waals surface area contributed by atoms with Crippen LogP contribution in [0.4, 0.5) is 13.6 Å². The molecule has 7 rings (SSSR count). The van der Waals surface area contributed by atoms with E-state index < -0.39 is 92.4 Å². The molecule has 1 aromatic heterocycles. The van der Waals surface area contributed by atoms with Crippen molar-refractivity contribution >= 4 is 39.9 Å². The number of aromatic nitrogens is 2. The molecule has 0 aromatic carbocycles. The Morgan fingerprint density at radius 1 is 1.13 bits per heavy atom. The summed E-state index contributed by atoms with van der Waals surface area (Å²) >= 11 is 0. The molecular weight excluding hydrogens is 805 g/mol. The van der Waals surface area contributed by atoms with Crippen LogP contribution in [0.2, 0.25) is 0 Å². The van der Waals surface area contributed by atoms with Crippen molar-refractivity contribution < 1.29 is 50.6 Å². The van der Waals surface area contributed by atoms with Crippen LogP contribution in [-0.2, 0) is 46.7 Å². The molecule has 1 aromatic rings. The summed E-state index contributed by atoms with van der Waals surface area (Å²) in [5.41, 5.74) is -1.46. The molecule has 3 saturated carbocycles. The lowest BCUT2D eigenvalue weighted by Crippen LogP contribution is -2.61. The lowest BCUT2D eigenvalue weighted by Gasteiger charge is -2.36. The fourth-order valence-electron chi connectivity index (χ4n) is 8.79. The van der Waals surface area contributed by atoms with Crippen LogP contribution in [0.1, 0.15) is 109 Å². The fourth-order valence-corrected chi connectivity index (χ4v) is 10.1. The van der Waals surface area contributed by atoms with Gasteiger partial charge in [-0.1, -0.05) is 40.5 Å². The van der Waals surface area contributed by atoms with Gasteiger partial charge >= 0.3 is 6.09 Å². The van der Waals surface area contributed by atoms with Crippen LogP contribution in [0, 0.1) is 40.4 Å². The Morgan fingerprint density at radius 3 is 2.50 bits per heavy atom. The molecule has 9 atom stereocenters. The molecule has 2 aliphatic heterocycles. The van der Waals surface area contributed by atoms with Crippen molar-refractivity contribution in [2.75, 3.05) is 13.7 Å². The molecule has 4 aliphatic carbocycles. The third-order valence-corrected chi connectivity index (χ3v) is 15.3. The highest BCUT2D eigenvalue weighted by Gasteiger charge is 2.68. The van der Waals surface area contributed by atoms with E-state index in [1.165, 1.54) is 6.92 Å². The van der Waals surface area contributed by atoms with E-state index in [0.717, 1.165) is 36.3 Å². The first-order chi connectivity index (χ1) is 28.2. The lowest BCUT2D eigenvalue weighted by atomic mass is 9.85. The number of carbonyl (C=O) groups is 4. The molecule has 0 radical (unpaired) electrons. The number of carbonyl (C=O) groups excluding carboxylic acids is 4. The molecule has 2 unspecified atom stereocenters. The lowest BCUT2D eigenvalue weighted by molar-refractivity contribution is -0.143.